The van der Waals surface area contributed by atoms with E-state index >= 15 is 0 Å². The van der Waals surface area contributed by atoms with Gasteiger partial charge < -0.3 is 9.80 Å². The van der Waals surface area contributed by atoms with Gasteiger partial charge in [0.25, 0.3) is 0 Å². The van der Waals surface area contributed by atoms with E-state index in [1.54, 1.807) is 4.90 Å². The number of amides is 2. The van der Waals surface area contributed by atoms with Crippen molar-refractivity contribution in [1.29, 1.82) is 0 Å². The molecule has 2 amide bonds. The van der Waals surface area contributed by atoms with Crippen LogP contribution in [-0.4, -0.2) is 47.8 Å². The first-order valence-corrected chi connectivity index (χ1v) is 9.52. The van der Waals surface area contributed by atoms with E-state index in [-0.39, 0.29) is 11.8 Å². The highest BCUT2D eigenvalue weighted by molar-refractivity contribution is 5.80. The highest BCUT2D eigenvalue weighted by Gasteiger charge is 2.25. The lowest BCUT2D eigenvalue weighted by Crippen LogP contribution is -2.41. The number of halogens is 2. The number of carbonyl (C=O) groups is 2. The first-order valence-electron chi connectivity index (χ1n) is 9.52. The number of likely N-dealkylation sites (tertiary alicyclic amines) is 2. The minimum atomic E-state index is -0.558. The maximum atomic E-state index is 13.8. The number of hydrogen-bond donors (Lipinski definition) is 0. The van der Waals surface area contributed by atoms with Gasteiger partial charge in [-0.2, -0.15) is 0 Å². The second-order valence-electron chi connectivity index (χ2n) is 7.36. The molecule has 26 heavy (non-hydrogen) atoms. The van der Waals surface area contributed by atoms with Crippen molar-refractivity contribution in [3.8, 4) is 0 Å². The van der Waals surface area contributed by atoms with Gasteiger partial charge in [0.05, 0.1) is 0 Å². The SMILES string of the molecule is O=C1CCCN1CCC(=O)N1CCC[C@H](CCc2ccc(F)cc2F)C1. The Morgan fingerprint density at radius 1 is 1.19 bits per heavy atom. The lowest BCUT2D eigenvalue weighted by atomic mass is 9.91. The number of hydrogen-bond acceptors (Lipinski definition) is 2. The van der Waals surface area contributed by atoms with Crippen LogP contribution >= 0.6 is 0 Å². The third-order valence-corrected chi connectivity index (χ3v) is 5.48. The Bertz CT molecular complexity index is 665. The zero-order valence-corrected chi connectivity index (χ0v) is 15.1. The molecule has 0 bridgehead atoms. The van der Waals surface area contributed by atoms with Crippen molar-refractivity contribution in [2.45, 2.75) is 44.9 Å². The monoisotopic (exact) mass is 364 g/mol. The standard InChI is InChI=1S/C20H26F2N2O2/c21-17-8-7-16(18(22)13-17)6-5-15-3-1-11-24(14-15)20(26)9-12-23-10-2-4-19(23)25/h7-8,13,15H,1-6,9-12,14H2/t15-/m1/s1. The first-order chi connectivity index (χ1) is 12.5. The quantitative estimate of drug-likeness (QED) is 0.778. The summed E-state index contributed by atoms with van der Waals surface area (Å²) in [5.41, 5.74) is 0.530. The van der Waals surface area contributed by atoms with Gasteiger partial charge >= 0.3 is 0 Å². The number of aryl methyl sites for hydroxylation is 1. The fraction of sp³-hybridized carbons (Fsp3) is 0.600. The minimum Gasteiger partial charge on any atom is -0.342 e. The zero-order chi connectivity index (χ0) is 18.5. The lowest BCUT2D eigenvalue weighted by molar-refractivity contribution is -0.134. The molecule has 0 unspecified atom stereocenters. The Kier molecular flexibility index (Phi) is 6.22. The Labute approximate surface area is 153 Å². The molecule has 2 heterocycles. The Morgan fingerprint density at radius 2 is 2.04 bits per heavy atom. The molecule has 0 radical (unpaired) electrons. The van der Waals surface area contributed by atoms with Crippen LogP contribution in [0.15, 0.2) is 18.2 Å². The average molecular weight is 364 g/mol. The molecule has 1 aromatic carbocycles. The molecule has 1 aromatic rings. The van der Waals surface area contributed by atoms with E-state index in [0.29, 0.717) is 43.8 Å². The summed E-state index contributed by atoms with van der Waals surface area (Å²) in [6, 6.07) is 3.71. The Hall–Kier alpha value is -1.98. The van der Waals surface area contributed by atoms with Crippen LogP contribution in [0.3, 0.4) is 0 Å². The summed E-state index contributed by atoms with van der Waals surface area (Å²) in [4.78, 5) is 27.7. The van der Waals surface area contributed by atoms with E-state index in [1.807, 2.05) is 4.90 Å². The van der Waals surface area contributed by atoms with Gasteiger partial charge in [0.1, 0.15) is 11.6 Å². The van der Waals surface area contributed by atoms with Gasteiger partial charge in [0.15, 0.2) is 0 Å². The lowest BCUT2D eigenvalue weighted by Gasteiger charge is -2.33. The predicted molar refractivity (Wildman–Crippen MR) is 94.4 cm³/mol. The van der Waals surface area contributed by atoms with Crippen molar-refractivity contribution in [2.75, 3.05) is 26.2 Å². The third kappa shape index (κ3) is 4.80. The van der Waals surface area contributed by atoms with E-state index in [9.17, 15) is 18.4 Å². The van der Waals surface area contributed by atoms with Crippen molar-refractivity contribution in [3.63, 3.8) is 0 Å². The largest absolute Gasteiger partial charge is 0.342 e. The van der Waals surface area contributed by atoms with E-state index in [1.165, 1.54) is 12.1 Å². The predicted octanol–water partition coefficient (Wildman–Crippen LogP) is 3.15. The number of piperidine rings is 1. The molecule has 142 valence electrons. The zero-order valence-electron chi connectivity index (χ0n) is 15.1. The van der Waals surface area contributed by atoms with Gasteiger partial charge in [-0.05, 0) is 49.7 Å². The van der Waals surface area contributed by atoms with Crippen LogP contribution in [-0.2, 0) is 16.0 Å². The van der Waals surface area contributed by atoms with Gasteiger partial charge in [0, 0.05) is 45.1 Å². The summed E-state index contributed by atoms with van der Waals surface area (Å²) in [6.45, 7) is 2.72. The first kappa shape index (κ1) is 18.8. The van der Waals surface area contributed by atoms with E-state index in [2.05, 4.69) is 0 Å². The summed E-state index contributed by atoms with van der Waals surface area (Å²) in [5, 5.41) is 0. The van der Waals surface area contributed by atoms with Gasteiger partial charge in [-0.25, -0.2) is 8.78 Å². The fourth-order valence-corrected chi connectivity index (χ4v) is 3.94. The summed E-state index contributed by atoms with van der Waals surface area (Å²) >= 11 is 0. The third-order valence-electron chi connectivity index (χ3n) is 5.48. The van der Waals surface area contributed by atoms with E-state index in [4.69, 9.17) is 0 Å². The van der Waals surface area contributed by atoms with Crippen LogP contribution in [0.5, 0.6) is 0 Å². The van der Waals surface area contributed by atoms with Gasteiger partial charge in [-0.3, -0.25) is 9.59 Å². The molecule has 2 saturated heterocycles. The van der Waals surface area contributed by atoms with Gasteiger partial charge in [-0.15, -0.1) is 0 Å². The molecule has 2 aliphatic heterocycles. The van der Waals surface area contributed by atoms with Crippen molar-refractivity contribution in [3.05, 3.63) is 35.4 Å². The molecule has 1 atom stereocenters. The number of rotatable bonds is 6. The van der Waals surface area contributed by atoms with Crippen LogP contribution in [0.1, 0.15) is 44.1 Å². The summed E-state index contributed by atoms with van der Waals surface area (Å²) in [5.74, 6) is -0.468. The van der Waals surface area contributed by atoms with Crippen LogP contribution in [0.2, 0.25) is 0 Å². The summed E-state index contributed by atoms with van der Waals surface area (Å²) in [7, 11) is 0. The molecule has 3 rings (SSSR count). The second kappa shape index (κ2) is 8.60. The van der Waals surface area contributed by atoms with Crippen molar-refractivity contribution in [1.82, 2.24) is 9.80 Å². The van der Waals surface area contributed by atoms with Crippen LogP contribution in [0.25, 0.3) is 0 Å². The summed E-state index contributed by atoms with van der Waals surface area (Å²) in [6.07, 6.45) is 5.18. The number of benzene rings is 1. The maximum absolute atomic E-state index is 13.8. The Balaban J connectivity index is 1.45. The molecule has 0 spiro atoms. The van der Waals surface area contributed by atoms with E-state index < -0.39 is 11.6 Å². The Morgan fingerprint density at radius 3 is 2.77 bits per heavy atom. The van der Waals surface area contributed by atoms with Crippen LogP contribution in [0.4, 0.5) is 8.78 Å². The molecule has 0 aromatic heterocycles. The molecule has 4 nitrogen and oxygen atoms in total. The average Bonchev–Trinajstić information content (AvgIpc) is 3.04. The molecular formula is C20H26F2N2O2. The van der Waals surface area contributed by atoms with Crippen molar-refractivity contribution >= 4 is 11.8 Å². The van der Waals surface area contributed by atoms with E-state index in [0.717, 1.165) is 44.8 Å². The van der Waals surface area contributed by atoms with Crippen molar-refractivity contribution < 1.29 is 18.4 Å². The smallest absolute Gasteiger partial charge is 0.224 e. The van der Waals surface area contributed by atoms with Crippen LogP contribution in [0, 0.1) is 17.6 Å². The number of nitrogens with zero attached hydrogens (tertiary/aromatic N) is 2. The second-order valence-corrected chi connectivity index (χ2v) is 7.36. The normalized spacial score (nSPS) is 20.7. The molecular weight excluding hydrogens is 338 g/mol. The van der Waals surface area contributed by atoms with Gasteiger partial charge in [-0.1, -0.05) is 6.07 Å². The number of carbonyl (C=O) groups excluding carboxylic acids is 2. The highest BCUT2D eigenvalue weighted by atomic mass is 19.1. The molecule has 2 fully saturated rings. The maximum Gasteiger partial charge on any atom is 0.224 e. The molecule has 0 N–H and O–H groups in total. The van der Waals surface area contributed by atoms with Crippen LogP contribution < -0.4 is 0 Å². The molecule has 0 aliphatic carbocycles. The molecule has 0 saturated carbocycles. The molecule has 2 aliphatic rings. The van der Waals surface area contributed by atoms with Gasteiger partial charge in [0.2, 0.25) is 11.8 Å². The molecule has 6 heteroatoms. The fourth-order valence-electron chi connectivity index (χ4n) is 3.94. The topological polar surface area (TPSA) is 40.6 Å². The van der Waals surface area contributed by atoms with Crippen molar-refractivity contribution in [2.24, 2.45) is 5.92 Å². The highest BCUT2D eigenvalue weighted by Crippen LogP contribution is 2.23. The minimum absolute atomic E-state index is 0.0994. The summed E-state index contributed by atoms with van der Waals surface area (Å²) < 4.78 is 26.7.